The van der Waals surface area contributed by atoms with E-state index in [1.807, 2.05) is 0 Å². The Morgan fingerprint density at radius 2 is 1.85 bits per heavy atom. The fraction of sp³-hybridized carbons (Fsp3) is 0.579. The number of thiophene rings is 1. The maximum atomic E-state index is 12.4. The van der Waals surface area contributed by atoms with E-state index in [2.05, 4.69) is 11.4 Å². The lowest BCUT2D eigenvalue weighted by Gasteiger charge is -2.19. The number of nitrogens with one attached hydrogen (secondary N) is 1. The second kappa shape index (κ2) is 6.84. The highest BCUT2D eigenvalue weighted by atomic mass is 32.1. The summed E-state index contributed by atoms with van der Waals surface area (Å²) in [5.74, 6) is -0.827. The predicted molar refractivity (Wildman–Crippen MR) is 96.5 cm³/mol. The van der Waals surface area contributed by atoms with E-state index in [1.165, 1.54) is 21.1 Å². The summed E-state index contributed by atoms with van der Waals surface area (Å²) < 4.78 is 0. The van der Waals surface area contributed by atoms with Crippen LogP contribution in [0.15, 0.2) is 0 Å². The van der Waals surface area contributed by atoms with Crippen molar-refractivity contribution in [3.05, 3.63) is 16.0 Å². The van der Waals surface area contributed by atoms with Crippen molar-refractivity contribution >= 4 is 34.1 Å². The lowest BCUT2D eigenvalue weighted by Crippen LogP contribution is -2.34. The lowest BCUT2D eigenvalue weighted by atomic mass is 9.81. The molecule has 2 fully saturated rings. The van der Waals surface area contributed by atoms with E-state index in [9.17, 15) is 19.6 Å². The van der Waals surface area contributed by atoms with E-state index in [-0.39, 0.29) is 42.5 Å². The summed E-state index contributed by atoms with van der Waals surface area (Å²) in [4.78, 5) is 39.7. The van der Waals surface area contributed by atoms with Crippen LogP contribution < -0.4 is 5.32 Å². The number of fused-ring (bicyclic) bond motifs is 2. The Hall–Kier alpha value is -2.20. The standard InChI is InChI=1S/C19H21N3O3S/c20-10-14-11-6-3-7-15(11)26-17(14)21-16(23)8-9-22-18(24)12-4-1-2-5-13(12)19(22)25/h12-13H,1-9H2,(H,21,23). The van der Waals surface area contributed by atoms with Crippen LogP contribution >= 0.6 is 11.3 Å². The Bertz CT molecular complexity index is 799. The number of hydrogen-bond donors (Lipinski definition) is 1. The maximum absolute atomic E-state index is 12.4. The normalized spacial score (nSPS) is 24.3. The molecule has 0 bridgehead atoms. The zero-order valence-corrected chi connectivity index (χ0v) is 15.4. The topological polar surface area (TPSA) is 90.3 Å². The molecule has 4 rings (SSSR count). The average Bonchev–Trinajstić information content (AvgIpc) is 3.27. The molecule has 1 saturated heterocycles. The molecule has 0 spiro atoms. The Balaban J connectivity index is 1.38. The van der Waals surface area contributed by atoms with Crippen LogP contribution in [0, 0.1) is 23.2 Å². The van der Waals surface area contributed by atoms with Crippen LogP contribution in [-0.2, 0) is 27.2 Å². The number of carbonyl (C=O) groups is 3. The molecular weight excluding hydrogens is 350 g/mol. The van der Waals surface area contributed by atoms with Crippen molar-refractivity contribution in [1.29, 1.82) is 5.26 Å². The molecule has 2 aliphatic carbocycles. The van der Waals surface area contributed by atoms with E-state index in [4.69, 9.17) is 0 Å². The van der Waals surface area contributed by atoms with Gasteiger partial charge in [0.05, 0.1) is 17.4 Å². The van der Waals surface area contributed by atoms with Crippen molar-refractivity contribution in [3.8, 4) is 6.07 Å². The minimum absolute atomic E-state index is 0.0738. The Kier molecular flexibility index (Phi) is 4.53. The minimum atomic E-state index is -0.253. The molecule has 1 N–H and O–H groups in total. The number of rotatable bonds is 4. The van der Waals surface area contributed by atoms with Gasteiger partial charge in [-0.15, -0.1) is 11.3 Å². The summed E-state index contributed by atoms with van der Waals surface area (Å²) in [6, 6.07) is 2.20. The Labute approximate surface area is 156 Å². The number of imide groups is 1. The molecule has 2 unspecified atom stereocenters. The Morgan fingerprint density at radius 1 is 1.15 bits per heavy atom. The highest BCUT2D eigenvalue weighted by Gasteiger charge is 2.47. The molecule has 0 radical (unpaired) electrons. The quantitative estimate of drug-likeness (QED) is 0.824. The summed E-state index contributed by atoms with van der Waals surface area (Å²) in [7, 11) is 0. The van der Waals surface area contributed by atoms with Crippen LogP contribution in [0.2, 0.25) is 0 Å². The highest BCUT2D eigenvalue weighted by Crippen LogP contribution is 2.39. The number of nitriles is 1. The summed E-state index contributed by atoms with van der Waals surface area (Å²) >= 11 is 1.48. The number of nitrogens with zero attached hydrogens (tertiary/aromatic N) is 2. The molecule has 3 aliphatic rings. The lowest BCUT2D eigenvalue weighted by molar-refractivity contribution is -0.140. The number of aryl methyl sites for hydroxylation is 1. The summed E-state index contributed by atoms with van der Waals surface area (Å²) in [5, 5.41) is 12.8. The van der Waals surface area contributed by atoms with Crippen LogP contribution in [0.3, 0.4) is 0 Å². The highest BCUT2D eigenvalue weighted by molar-refractivity contribution is 7.16. The molecule has 136 valence electrons. The van der Waals surface area contributed by atoms with Gasteiger partial charge in [-0.3, -0.25) is 19.3 Å². The fourth-order valence-corrected chi connectivity index (χ4v) is 5.72. The molecule has 1 aliphatic heterocycles. The summed E-state index contributed by atoms with van der Waals surface area (Å²) in [6.07, 6.45) is 6.54. The van der Waals surface area contributed by atoms with E-state index in [1.54, 1.807) is 0 Å². The zero-order chi connectivity index (χ0) is 18.3. The molecular formula is C19H21N3O3S. The molecule has 7 heteroatoms. The van der Waals surface area contributed by atoms with Crippen LogP contribution in [0.25, 0.3) is 0 Å². The third kappa shape index (κ3) is 2.82. The van der Waals surface area contributed by atoms with Gasteiger partial charge in [-0.05, 0) is 37.7 Å². The number of likely N-dealkylation sites (tertiary alicyclic amines) is 1. The molecule has 2 heterocycles. The number of carbonyl (C=O) groups excluding carboxylic acids is 3. The second-order valence-electron chi connectivity index (χ2n) is 7.30. The molecule has 0 aromatic carbocycles. The van der Waals surface area contributed by atoms with E-state index in [0.29, 0.717) is 10.6 Å². The third-order valence-corrected chi connectivity index (χ3v) is 6.99. The van der Waals surface area contributed by atoms with E-state index >= 15 is 0 Å². The van der Waals surface area contributed by atoms with Gasteiger partial charge in [-0.1, -0.05) is 12.8 Å². The van der Waals surface area contributed by atoms with E-state index < -0.39 is 0 Å². The van der Waals surface area contributed by atoms with Crippen molar-refractivity contribution in [2.45, 2.75) is 51.4 Å². The first kappa shape index (κ1) is 17.2. The monoisotopic (exact) mass is 371 g/mol. The van der Waals surface area contributed by atoms with Crippen LogP contribution in [0.5, 0.6) is 0 Å². The molecule has 2 atom stereocenters. The molecule has 1 aromatic heterocycles. The third-order valence-electron chi connectivity index (χ3n) is 5.78. The SMILES string of the molecule is N#Cc1c(NC(=O)CCN2C(=O)C3CCCCC3C2=O)sc2c1CCC2. The number of anilines is 1. The van der Waals surface area contributed by atoms with Crippen molar-refractivity contribution < 1.29 is 14.4 Å². The number of hydrogen-bond acceptors (Lipinski definition) is 5. The van der Waals surface area contributed by atoms with Gasteiger partial charge in [0.25, 0.3) is 0 Å². The maximum Gasteiger partial charge on any atom is 0.233 e. The Morgan fingerprint density at radius 3 is 2.50 bits per heavy atom. The number of amides is 3. The van der Waals surface area contributed by atoms with Gasteiger partial charge in [-0.25, -0.2) is 0 Å². The van der Waals surface area contributed by atoms with Crippen molar-refractivity contribution in [3.63, 3.8) is 0 Å². The van der Waals surface area contributed by atoms with Gasteiger partial charge in [0.1, 0.15) is 11.1 Å². The predicted octanol–water partition coefficient (Wildman–Crippen LogP) is 2.61. The largest absolute Gasteiger partial charge is 0.317 e. The molecule has 1 saturated carbocycles. The van der Waals surface area contributed by atoms with Crippen LogP contribution in [0.1, 0.15) is 54.5 Å². The van der Waals surface area contributed by atoms with Crippen molar-refractivity contribution in [2.75, 3.05) is 11.9 Å². The summed E-state index contributed by atoms with van der Waals surface area (Å²) in [5.41, 5.74) is 1.65. The van der Waals surface area contributed by atoms with Gasteiger partial charge in [-0.2, -0.15) is 5.26 Å². The van der Waals surface area contributed by atoms with Gasteiger partial charge in [0.2, 0.25) is 17.7 Å². The molecule has 6 nitrogen and oxygen atoms in total. The fourth-order valence-electron chi connectivity index (χ4n) is 4.46. The first-order chi connectivity index (χ1) is 12.6. The first-order valence-corrected chi connectivity index (χ1v) is 10.1. The minimum Gasteiger partial charge on any atom is -0.317 e. The summed E-state index contributed by atoms with van der Waals surface area (Å²) in [6.45, 7) is 0.128. The van der Waals surface area contributed by atoms with Gasteiger partial charge in [0.15, 0.2) is 0 Å². The van der Waals surface area contributed by atoms with Crippen molar-refractivity contribution in [2.24, 2.45) is 11.8 Å². The van der Waals surface area contributed by atoms with Crippen molar-refractivity contribution in [1.82, 2.24) is 4.90 Å². The van der Waals surface area contributed by atoms with Gasteiger partial charge < -0.3 is 5.32 Å². The van der Waals surface area contributed by atoms with Crippen LogP contribution in [-0.4, -0.2) is 29.2 Å². The first-order valence-electron chi connectivity index (χ1n) is 9.30. The second-order valence-corrected chi connectivity index (χ2v) is 8.40. The van der Waals surface area contributed by atoms with Gasteiger partial charge >= 0.3 is 0 Å². The molecule has 1 aromatic rings. The van der Waals surface area contributed by atoms with Crippen LogP contribution in [0.4, 0.5) is 5.00 Å². The zero-order valence-electron chi connectivity index (χ0n) is 14.5. The molecule has 3 amide bonds. The molecule has 26 heavy (non-hydrogen) atoms. The van der Waals surface area contributed by atoms with Gasteiger partial charge in [0, 0.05) is 17.8 Å². The average molecular weight is 371 g/mol. The van der Waals surface area contributed by atoms with E-state index in [0.717, 1.165) is 50.5 Å². The smallest absolute Gasteiger partial charge is 0.233 e.